The van der Waals surface area contributed by atoms with E-state index in [1.165, 1.54) is 12.1 Å². The molecular weight excluding hydrogens is 399 g/mol. The Balaban J connectivity index is 1.62. The molecule has 0 aliphatic carbocycles. The number of carbonyl (C=O) groups is 2. The number of aryl methyl sites for hydroxylation is 2. The lowest BCUT2D eigenvalue weighted by Gasteiger charge is -2.26. The quantitative estimate of drug-likeness (QED) is 0.609. The summed E-state index contributed by atoms with van der Waals surface area (Å²) >= 11 is 1.55. The molecule has 1 atom stereocenters. The molecule has 3 aromatic rings. The van der Waals surface area contributed by atoms with E-state index in [9.17, 15) is 14.0 Å². The number of carbonyl (C=O) groups excluding carboxylic acids is 2. The van der Waals surface area contributed by atoms with Crippen LogP contribution in [0.3, 0.4) is 0 Å². The average molecular weight is 421 g/mol. The van der Waals surface area contributed by atoms with Gasteiger partial charge in [-0.2, -0.15) is 0 Å². The van der Waals surface area contributed by atoms with E-state index in [2.05, 4.69) is 11.4 Å². The predicted octanol–water partition coefficient (Wildman–Crippen LogP) is 5.47. The van der Waals surface area contributed by atoms with Gasteiger partial charge >= 0.3 is 0 Å². The number of hydrogen-bond acceptors (Lipinski definition) is 3. The van der Waals surface area contributed by atoms with Gasteiger partial charge < -0.3 is 5.32 Å². The first-order valence-electron chi connectivity index (χ1n) is 9.61. The highest BCUT2D eigenvalue weighted by Crippen LogP contribution is 2.43. The third-order valence-corrected chi connectivity index (χ3v) is 6.24. The second kappa shape index (κ2) is 8.32. The van der Waals surface area contributed by atoms with Crippen LogP contribution in [0.4, 0.5) is 15.8 Å². The lowest BCUT2D eigenvalue weighted by atomic mass is 10.1. The van der Waals surface area contributed by atoms with Gasteiger partial charge in [-0.1, -0.05) is 42.0 Å². The Hall–Kier alpha value is -3.12. The van der Waals surface area contributed by atoms with E-state index in [1.54, 1.807) is 30.0 Å². The fourth-order valence-corrected chi connectivity index (χ4v) is 4.78. The number of thioether (sulfide) groups is 1. The molecule has 0 saturated carbocycles. The normalized spacial score (nSPS) is 16.0. The fourth-order valence-electron chi connectivity index (χ4n) is 3.62. The van der Waals surface area contributed by atoms with Crippen LogP contribution in [0.5, 0.6) is 0 Å². The number of anilines is 2. The van der Waals surface area contributed by atoms with Crippen LogP contribution in [0.2, 0.25) is 0 Å². The van der Waals surface area contributed by atoms with Gasteiger partial charge in [0.15, 0.2) is 0 Å². The van der Waals surface area contributed by atoms with Crippen molar-refractivity contribution in [3.8, 4) is 0 Å². The first kappa shape index (κ1) is 20.2. The molecule has 0 spiro atoms. The number of halogens is 1. The van der Waals surface area contributed by atoms with Crippen molar-refractivity contribution in [3.63, 3.8) is 0 Å². The second-order valence-corrected chi connectivity index (χ2v) is 8.35. The SMILES string of the molecule is Cc1ccc(N2C(=O)CSC2c2cccc(NC(=O)c3ccccc3F)c2)c(C)c1. The van der Waals surface area contributed by atoms with Gasteiger partial charge in [-0.15, -0.1) is 11.8 Å². The van der Waals surface area contributed by atoms with Gasteiger partial charge in [-0.3, -0.25) is 14.5 Å². The lowest BCUT2D eigenvalue weighted by Crippen LogP contribution is -2.28. The molecule has 6 heteroatoms. The first-order valence-corrected chi connectivity index (χ1v) is 10.7. The van der Waals surface area contributed by atoms with E-state index in [0.717, 1.165) is 22.4 Å². The van der Waals surface area contributed by atoms with Gasteiger partial charge in [-0.05, 0) is 55.3 Å². The molecule has 4 rings (SSSR count). The largest absolute Gasteiger partial charge is 0.322 e. The van der Waals surface area contributed by atoms with Crippen molar-refractivity contribution in [1.82, 2.24) is 0 Å². The van der Waals surface area contributed by atoms with Gasteiger partial charge in [0.25, 0.3) is 5.91 Å². The van der Waals surface area contributed by atoms with E-state index >= 15 is 0 Å². The van der Waals surface area contributed by atoms with Crippen LogP contribution in [0, 0.1) is 19.7 Å². The van der Waals surface area contributed by atoms with Crippen LogP contribution in [-0.4, -0.2) is 17.6 Å². The van der Waals surface area contributed by atoms with Gasteiger partial charge in [-0.25, -0.2) is 4.39 Å². The third kappa shape index (κ3) is 3.96. The molecule has 1 N–H and O–H groups in total. The van der Waals surface area contributed by atoms with Crippen LogP contribution in [0.15, 0.2) is 66.7 Å². The topological polar surface area (TPSA) is 49.4 Å². The van der Waals surface area contributed by atoms with Gasteiger partial charge in [0, 0.05) is 11.4 Å². The molecule has 1 aliphatic rings. The molecule has 0 radical (unpaired) electrons. The number of amides is 2. The molecule has 2 amide bonds. The fraction of sp³-hybridized carbons (Fsp3) is 0.167. The maximum atomic E-state index is 13.9. The highest BCUT2D eigenvalue weighted by atomic mass is 32.2. The standard InChI is InChI=1S/C24H21FN2O2S/c1-15-10-11-21(16(2)12-15)27-22(28)14-30-24(27)17-6-5-7-18(13-17)26-23(29)19-8-3-4-9-20(19)25/h3-13,24H,14H2,1-2H3,(H,26,29). The smallest absolute Gasteiger partial charge is 0.258 e. The second-order valence-electron chi connectivity index (χ2n) is 7.28. The van der Waals surface area contributed by atoms with Crippen LogP contribution in [0.1, 0.15) is 32.4 Å². The molecule has 1 aliphatic heterocycles. The van der Waals surface area contributed by atoms with E-state index in [4.69, 9.17) is 0 Å². The molecule has 0 bridgehead atoms. The highest BCUT2D eigenvalue weighted by molar-refractivity contribution is 8.00. The number of nitrogens with one attached hydrogen (secondary N) is 1. The minimum atomic E-state index is -0.566. The Morgan fingerprint density at radius 1 is 1.07 bits per heavy atom. The summed E-state index contributed by atoms with van der Waals surface area (Å²) in [4.78, 5) is 27.0. The third-order valence-electron chi connectivity index (χ3n) is 5.03. The summed E-state index contributed by atoms with van der Waals surface area (Å²) in [6.07, 6.45) is 0. The molecule has 1 fully saturated rings. The Labute approximate surface area is 179 Å². The van der Waals surface area contributed by atoms with Crippen LogP contribution in [-0.2, 0) is 4.79 Å². The average Bonchev–Trinajstić information content (AvgIpc) is 3.10. The maximum Gasteiger partial charge on any atom is 0.258 e. The number of rotatable bonds is 4. The van der Waals surface area contributed by atoms with E-state index < -0.39 is 11.7 Å². The molecule has 4 nitrogen and oxygen atoms in total. The molecule has 0 aromatic heterocycles. The van der Waals surface area contributed by atoms with Crippen molar-refractivity contribution in [3.05, 3.63) is 94.8 Å². The molecule has 1 unspecified atom stereocenters. The van der Waals surface area contributed by atoms with Crippen LogP contribution in [0.25, 0.3) is 0 Å². The Kier molecular flexibility index (Phi) is 5.59. The van der Waals surface area contributed by atoms with Crippen LogP contribution < -0.4 is 10.2 Å². The van der Waals surface area contributed by atoms with Gasteiger partial charge in [0.1, 0.15) is 11.2 Å². The minimum Gasteiger partial charge on any atom is -0.322 e. The van der Waals surface area contributed by atoms with E-state index in [1.807, 2.05) is 49.1 Å². The number of nitrogens with zero attached hydrogens (tertiary/aromatic N) is 1. The summed E-state index contributed by atoms with van der Waals surface area (Å²) in [6, 6.07) is 19.3. The van der Waals surface area contributed by atoms with Crippen molar-refractivity contribution < 1.29 is 14.0 Å². The highest BCUT2D eigenvalue weighted by Gasteiger charge is 2.34. The Morgan fingerprint density at radius 2 is 1.87 bits per heavy atom. The van der Waals surface area contributed by atoms with Crippen molar-refractivity contribution >= 4 is 35.0 Å². The number of benzene rings is 3. The zero-order chi connectivity index (χ0) is 21.3. The lowest BCUT2D eigenvalue weighted by molar-refractivity contribution is -0.115. The van der Waals surface area contributed by atoms with Crippen molar-refractivity contribution in [2.75, 3.05) is 16.0 Å². The number of hydrogen-bond donors (Lipinski definition) is 1. The predicted molar refractivity (Wildman–Crippen MR) is 119 cm³/mol. The Morgan fingerprint density at radius 3 is 2.63 bits per heavy atom. The first-order chi connectivity index (χ1) is 14.4. The minimum absolute atomic E-state index is 0.00905. The van der Waals surface area contributed by atoms with Crippen molar-refractivity contribution in [1.29, 1.82) is 0 Å². The van der Waals surface area contributed by atoms with Gasteiger partial charge in [0.05, 0.1) is 11.3 Å². The summed E-state index contributed by atoms with van der Waals surface area (Å²) in [5.41, 5.74) is 4.52. The van der Waals surface area contributed by atoms with Gasteiger partial charge in [0.2, 0.25) is 5.91 Å². The summed E-state index contributed by atoms with van der Waals surface area (Å²) in [5.74, 6) is -0.627. The zero-order valence-electron chi connectivity index (χ0n) is 16.7. The molecule has 30 heavy (non-hydrogen) atoms. The molecule has 1 heterocycles. The maximum absolute atomic E-state index is 13.9. The van der Waals surface area contributed by atoms with Crippen LogP contribution >= 0.6 is 11.8 Å². The van der Waals surface area contributed by atoms with E-state index in [0.29, 0.717) is 11.4 Å². The molecule has 3 aromatic carbocycles. The monoisotopic (exact) mass is 420 g/mol. The molecule has 152 valence electrons. The molecule has 1 saturated heterocycles. The summed E-state index contributed by atoms with van der Waals surface area (Å²) in [7, 11) is 0. The zero-order valence-corrected chi connectivity index (χ0v) is 17.5. The van der Waals surface area contributed by atoms with Crippen molar-refractivity contribution in [2.24, 2.45) is 0 Å². The van der Waals surface area contributed by atoms with Crippen molar-refractivity contribution in [2.45, 2.75) is 19.2 Å². The molecular formula is C24H21FN2O2S. The summed E-state index contributed by atoms with van der Waals surface area (Å²) < 4.78 is 13.9. The Bertz CT molecular complexity index is 1130. The summed E-state index contributed by atoms with van der Waals surface area (Å²) in [5, 5.41) is 2.57. The van der Waals surface area contributed by atoms with E-state index in [-0.39, 0.29) is 16.8 Å². The summed E-state index contributed by atoms with van der Waals surface area (Å²) in [6.45, 7) is 4.03.